The molecule has 0 spiro atoms. The minimum Gasteiger partial charge on any atom is -0.481 e. The van der Waals surface area contributed by atoms with Crippen LogP contribution in [-0.2, 0) is 4.79 Å². The molecule has 0 aromatic rings. The molecule has 0 aliphatic carbocycles. The zero-order valence-corrected chi connectivity index (χ0v) is 5.92. The summed E-state index contributed by atoms with van der Waals surface area (Å²) in [4.78, 5) is 9.53. The van der Waals surface area contributed by atoms with Crippen molar-refractivity contribution in [3.05, 3.63) is 38.0 Å². The van der Waals surface area contributed by atoms with E-state index in [1.54, 1.807) is 12.2 Å². The largest absolute Gasteiger partial charge is 0.481 e. The summed E-state index contributed by atoms with van der Waals surface area (Å²) in [5, 5.41) is 7.84. The number of hydrogen-bond donors (Lipinski definition) is 1. The van der Waals surface area contributed by atoms with Gasteiger partial charge in [-0.05, 0) is 0 Å². The SMILES string of the molecule is C=CC=C.C=CCC(=O)O. The van der Waals surface area contributed by atoms with Crippen LogP contribution < -0.4 is 0 Å². The summed E-state index contributed by atoms with van der Waals surface area (Å²) >= 11 is 0. The highest BCUT2D eigenvalue weighted by Gasteiger charge is 1.84. The second-order valence-corrected chi connectivity index (χ2v) is 1.36. The summed E-state index contributed by atoms with van der Waals surface area (Å²) in [5.74, 6) is -0.829. The third-order valence-electron chi connectivity index (χ3n) is 0.486. The van der Waals surface area contributed by atoms with Crippen molar-refractivity contribution < 1.29 is 9.90 Å². The van der Waals surface area contributed by atoms with Crippen molar-refractivity contribution >= 4 is 5.97 Å². The molecule has 0 unspecified atom stereocenters. The first-order chi connectivity index (χ1) is 4.68. The number of carboxylic acid groups (broad SMARTS) is 1. The van der Waals surface area contributed by atoms with Crippen LogP contribution in [0.15, 0.2) is 38.0 Å². The van der Waals surface area contributed by atoms with Gasteiger partial charge in [-0.25, -0.2) is 0 Å². The fourth-order valence-electron chi connectivity index (χ4n) is 0.123. The van der Waals surface area contributed by atoms with Gasteiger partial charge in [0.25, 0.3) is 0 Å². The summed E-state index contributed by atoms with van der Waals surface area (Å²) in [6.45, 7) is 9.94. The third-order valence-corrected chi connectivity index (χ3v) is 0.486. The Kier molecular flexibility index (Phi) is 12.2. The van der Waals surface area contributed by atoms with E-state index in [-0.39, 0.29) is 6.42 Å². The first kappa shape index (κ1) is 11.5. The van der Waals surface area contributed by atoms with Crippen LogP contribution in [0.4, 0.5) is 0 Å². The van der Waals surface area contributed by atoms with Crippen LogP contribution >= 0.6 is 0 Å². The van der Waals surface area contributed by atoms with Crippen LogP contribution in [0.25, 0.3) is 0 Å². The van der Waals surface area contributed by atoms with E-state index in [0.717, 1.165) is 0 Å². The third kappa shape index (κ3) is 29.9. The lowest BCUT2D eigenvalue weighted by molar-refractivity contribution is -0.135. The van der Waals surface area contributed by atoms with Gasteiger partial charge in [0.15, 0.2) is 0 Å². The maximum absolute atomic E-state index is 9.53. The van der Waals surface area contributed by atoms with Gasteiger partial charge in [0.1, 0.15) is 0 Å². The second kappa shape index (κ2) is 10.6. The molecule has 2 nitrogen and oxygen atoms in total. The normalized spacial score (nSPS) is 6.40. The highest BCUT2D eigenvalue weighted by Crippen LogP contribution is 1.74. The predicted molar refractivity (Wildman–Crippen MR) is 42.8 cm³/mol. The number of carboxylic acids is 1. The van der Waals surface area contributed by atoms with Gasteiger partial charge in [-0.3, -0.25) is 4.79 Å². The van der Waals surface area contributed by atoms with Crippen molar-refractivity contribution in [2.45, 2.75) is 6.42 Å². The maximum atomic E-state index is 9.53. The molecule has 2 heteroatoms. The Morgan fingerprint density at radius 2 is 1.70 bits per heavy atom. The number of allylic oxidation sites excluding steroid dienone is 2. The van der Waals surface area contributed by atoms with Gasteiger partial charge in [0.05, 0.1) is 6.42 Å². The summed E-state index contributed by atoms with van der Waals surface area (Å²) in [5.41, 5.74) is 0. The molecule has 0 bridgehead atoms. The Morgan fingerprint density at radius 1 is 1.30 bits per heavy atom. The van der Waals surface area contributed by atoms with E-state index in [1.807, 2.05) is 0 Å². The molecule has 0 saturated heterocycles. The standard InChI is InChI=1S/C4H6O2.C4H6/c1-2-3-4(5)6;1-3-4-2/h2H,1,3H2,(H,5,6);3-4H,1-2H2. The fourth-order valence-corrected chi connectivity index (χ4v) is 0.123. The topological polar surface area (TPSA) is 37.3 Å². The summed E-state index contributed by atoms with van der Waals surface area (Å²) < 4.78 is 0. The Bertz CT molecular complexity index is 119. The van der Waals surface area contributed by atoms with Gasteiger partial charge in [-0.15, -0.1) is 6.58 Å². The molecule has 0 aliphatic rings. The van der Waals surface area contributed by atoms with Crippen molar-refractivity contribution in [1.29, 1.82) is 0 Å². The second-order valence-electron chi connectivity index (χ2n) is 1.36. The summed E-state index contributed by atoms with van der Waals surface area (Å²) in [6.07, 6.45) is 4.68. The predicted octanol–water partition coefficient (Wildman–Crippen LogP) is 2.01. The van der Waals surface area contributed by atoms with E-state index in [9.17, 15) is 4.79 Å². The van der Waals surface area contributed by atoms with Gasteiger partial charge in [0.2, 0.25) is 0 Å². The molecular weight excluding hydrogens is 128 g/mol. The van der Waals surface area contributed by atoms with Crippen molar-refractivity contribution in [2.75, 3.05) is 0 Å². The van der Waals surface area contributed by atoms with Crippen LogP contribution in [-0.4, -0.2) is 11.1 Å². The average molecular weight is 140 g/mol. The highest BCUT2D eigenvalue weighted by molar-refractivity contribution is 5.68. The van der Waals surface area contributed by atoms with Crippen molar-refractivity contribution in [1.82, 2.24) is 0 Å². The molecule has 10 heavy (non-hydrogen) atoms. The molecular formula is C8H12O2. The Hall–Kier alpha value is -1.31. The molecule has 0 aromatic carbocycles. The van der Waals surface area contributed by atoms with Crippen LogP contribution in [0.5, 0.6) is 0 Å². The lowest BCUT2D eigenvalue weighted by atomic mass is 10.4. The van der Waals surface area contributed by atoms with E-state index < -0.39 is 5.97 Å². The molecule has 0 saturated carbocycles. The molecule has 0 atom stereocenters. The summed E-state index contributed by atoms with van der Waals surface area (Å²) in [7, 11) is 0. The molecule has 0 amide bonds. The zero-order chi connectivity index (χ0) is 8.41. The van der Waals surface area contributed by atoms with E-state index >= 15 is 0 Å². The summed E-state index contributed by atoms with van der Waals surface area (Å²) in [6, 6.07) is 0. The van der Waals surface area contributed by atoms with Gasteiger partial charge in [-0.1, -0.05) is 31.4 Å². The maximum Gasteiger partial charge on any atom is 0.307 e. The lowest BCUT2D eigenvalue weighted by Crippen LogP contribution is -1.88. The first-order valence-corrected chi connectivity index (χ1v) is 2.75. The monoisotopic (exact) mass is 140 g/mol. The molecule has 0 heterocycles. The Morgan fingerprint density at radius 3 is 1.70 bits per heavy atom. The van der Waals surface area contributed by atoms with Crippen molar-refractivity contribution in [3.63, 3.8) is 0 Å². The van der Waals surface area contributed by atoms with Gasteiger partial charge in [-0.2, -0.15) is 0 Å². The number of carbonyl (C=O) groups is 1. The van der Waals surface area contributed by atoms with Crippen molar-refractivity contribution in [3.8, 4) is 0 Å². The Labute approximate surface area is 61.2 Å². The van der Waals surface area contributed by atoms with Crippen LogP contribution in [0.3, 0.4) is 0 Å². The van der Waals surface area contributed by atoms with E-state index in [1.165, 1.54) is 6.08 Å². The quantitative estimate of drug-likeness (QED) is 0.481. The molecule has 1 N–H and O–H groups in total. The fraction of sp³-hybridized carbons (Fsp3) is 0.125. The zero-order valence-electron chi connectivity index (χ0n) is 5.92. The molecule has 0 rings (SSSR count). The minimum atomic E-state index is -0.829. The minimum absolute atomic E-state index is 0.0556. The highest BCUT2D eigenvalue weighted by atomic mass is 16.4. The Balaban J connectivity index is 0. The van der Waals surface area contributed by atoms with Gasteiger partial charge >= 0.3 is 5.97 Å². The lowest BCUT2D eigenvalue weighted by Gasteiger charge is -1.75. The molecule has 0 aliphatic heterocycles. The van der Waals surface area contributed by atoms with Gasteiger partial charge in [0, 0.05) is 0 Å². The van der Waals surface area contributed by atoms with E-state index in [4.69, 9.17) is 5.11 Å². The first-order valence-electron chi connectivity index (χ1n) is 2.75. The average Bonchev–Trinajstić information content (AvgIpc) is 1.89. The van der Waals surface area contributed by atoms with Crippen LogP contribution in [0.2, 0.25) is 0 Å². The van der Waals surface area contributed by atoms with Crippen molar-refractivity contribution in [2.24, 2.45) is 0 Å². The van der Waals surface area contributed by atoms with E-state index in [2.05, 4.69) is 19.7 Å². The molecule has 0 aromatic heterocycles. The number of hydrogen-bond acceptors (Lipinski definition) is 1. The van der Waals surface area contributed by atoms with E-state index in [0.29, 0.717) is 0 Å². The molecule has 56 valence electrons. The molecule has 0 radical (unpaired) electrons. The molecule has 0 fully saturated rings. The number of rotatable bonds is 3. The van der Waals surface area contributed by atoms with Gasteiger partial charge < -0.3 is 5.11 Å². The smallest absolute Gasteiger partial charge is 0.307 e. The van der Waals surface area contributed by atoms with Crippen LogP contribution in [0.1, 0.15) is 6.42 Å². The number of aliphatic carboxylic acids is 1. The van der Waals surface area contributed by atoms with Crippen LogP contribution in [0, 0.1) is 0 Å².